The number of piperidine rings is 1. The van der Waals surface area contributed by atoms with Crippen LogP contribution in [0, 0.1) is 0 Å². The molecule has 4 aromatic rings. The van der Waals surface area contributed by atoms with Crippen molar-refractivity contribution in [3.63, 3.8) is 0 Å². The molecule has 0 saturated carbocycles. The minimum absolute atomic E-state index is 0.0511. The van der Waals surface area contributed by atoms with Crippen molar-refractivity contribution in [1.29, 1.82) is 0 Å². The molecule has 0 atom stereocenters. The Morgan fingerprint density at radius 2 is 1.23 bits per heavy atom. The molecule has 0 bridgehead atoms. The lowest BCUT2D eigenvalue weighted by Crippen LogP contribution is -2.32. The first-order valence-electron chi connectivity index (χ1n) is 18.2. The molecule has 0 N–H and O–H groups in total. The lowest BCUT2D eigenvalue weighted by atomic mass is 9.97. The summed E-state index contributed by atoms with van der Waals surface area (Å²) in [7, 11) is -7.52. The van der Waals surface area contributed by atoms with Crippen LogP contribution >= 0.6 is 11.3 Å². The Morgan fingerprint density at radius 1 is 0.692 bits per heavy atom. The van der Waals surface area contributed by atoms with E-state index in [0.29, 0.717) is 50.2 Å². The second-order valence-electron chi connectivity index (χ2n) is 12.7. The Kier molecular flexibility index (Phi) is 15.7. The number of rotatable bonds is 19. The van der Waals surface area contributed by atoms with Crippen LogP contribution in [-0.4, -0.2) is 52.3 Å². The van der Waals surface area contributed by atoms with Gasteiger partial charge in [0.05, 0.1) is 11.5 Å². The molecule has 12 heteroatoms. The first-order valence-corrected chi connectivity index (χ1v) is 22.1. The van der Waals surface area contributed by atoms with Gasteiger partial charge in [0.15, 0.2) is 5.78 Å². The molecule has 5 rings (SSSR count). The van der Waals surface area contributed by atoms with Gasteiger partial charge in [0.2, 0.25) is 0 Å². The fourth-order valence-electron chi connectivity index (χ4n) is 5.92. The molecule has 0 radical (unpaired) electrons. The molecular weight excluding hydrogens is 719 g/mol. The summed E-state index contributed by atoms with van der Waals surface area (Å²) in [4.78, 5) is 20.9. The zero-order valence-corrected chi connectivity index (χ0v) is 32.8. The zero-order chi connectivity index (χ0) is 37.6. The van der Waals surface area contributed by atoms with Crippen molar-refractivity contribution in [3.8, 4) is 27.7 Å². The summed E-state index contributed by atoms with van der Waals surface area (Å²) in [6, 6.07) is 18.7. The second kappa shape index (κ2) is 19.9. The first kappa shape index (κ1) is 41.1. The van der Waals surface area contributed by atoms with Gasteiger partial charge >= 0.3 is 20.2 Å². The lowest BCUT2D eigenvalue weighted by Gasteiger charge is -2.26. The third-order valence-corrected chi connectivity index (χ3v) is 12.3. The minimum atomic E-state index is -3.78. The number of thiophene rings is 1. The van der Waals surface area contributed by atoms with Gasteiger partial charge in [-0.05, 0) is 98.0 Å². The van der Waals surface area contributed by atoms with Crippen LogP contribution in [0.2, 0.25) is 0 Å². The molecule has 1 aromatic heterocycles. The highest BCUT2D eigenvalue weighted by atomic mass is 32.2. The molecule has 9 nitrogen and oxygen atoms in total. The fraction of sp³-hybridized carbons (Fsp3) is 0.425. The van der Waals surface area contributed by atoms with E-state index in [4.69, 9.17) is 13.2 Å². The van der Waals surface area contributed by atoms with Crippen molar-refractivity contribution in [1.82, 2.24) is 5.06 Å². The normalized spacial score (nSPS) is 13.7. The van der Waals surface area contributed by atoms with Gasteiger partial charge in [0, 0.05) is 39.2 Å². The smallest absolute Gasteiger partial charge is 0.309 e. The number of benzene rings is 3. The molecule has 1 saturated heterocycles. The predicted octanol–water partition coefficient (Wildman–Crippen LogP) is 9.96. The highest BCUT2D eigenvalue weighted by Crippen LogP contribution is 2.42. The lowest BCUT2D eigenvalue weighted by molar-refractivity contribution is -0.0720. The molecule has 0 unspecified atom stereocenters. The van der Waals surface area contributed by atoms with Gasteiger partial charge in [0.1, 0.15) is 17.2 Å². The highest BCUT2D eigenvalue weighted by molar-refractivity contribution is 7.87. The van der Waals surface area contributed by atoms with Crippen LogP contribution < -0.4 is 13.2 Å². The molecule has 282 valence electrons. The number of unbranched alkanes of at least 4 members (excludes halogenated alkanes) is 6. The number of hydrogen-bond donors (Lipinski definition) is 0. The summed E-state index contributed by atoms with van der Waals surface area (Å²) in [6.07, 6.45) is 10.0. The van der Waals surface area contributed by atoms with E-state index in [0.717, 1.165) is 64.5 Å². The summed E-state index contributed by atoms with van der Waals surface area (Å²) in [5.74, 6) is 0.722. The van der Waals surface area contributed by atoms with Crippen molar-refractivity contribution < 1.29 is 34.8 Å². The van der Waals surface area contributed by atoms with E-state index in [1.54, 1.807) is 66.7 Å². The second-order valence-corrected chi connectivity index (χ2v) is 17.2. The van der Waals surface area contributed by atoms with E-state index in [1.807, 2.05) is 5.06 Å². The zero-order valence-electron chi connectivity index (χ0n) is 30.3. The van der Waals surface area contributed by atoms with E-state index >= 15 is 0 Å². The van der Waals surface area contributed by atoms with Crippen molar-refractivity contribution in [2.75, 3.05) is 24.6 Å². The van der Waals surface area contributed by atoms with E-state index < -0.39 is 20.2 Å². The number of carbonyl (C=O) groups is 1. The number of carbonyl (C=O) groups excluding carboxylic acids is 1. The molecule has 52 heavy (non-hydrogen) atoms. The molecule has 1 aliphatic heterocycles. The third kappa shape index (κ3) is 11.9. The van der Waals surface area contributed by atoms with E-state index in [2.05, 4.69) is 27.0 Å². The monoisotopic (exact) mass is 769 g/mol. The maximum atomic E-state index is 14.2. The molecule has 0 spiro atoms. The summed E-state index contributed by atoms with van der Waals surface area (Å²) in [6.45, 7) is 11.9. The van der Waals surface area contributed by atoms with Crippen molar-refractivity contribution in [2.45, 2.75) is 84.5 Å². The van der Waals surface area contributed by atoms with Gasteiger partial charge in [-0.2, -0.15) is 16.8 Å². The van der Waals surface area contributed by atoms with Crippen LogP contribution in [0.15, 0.2) is 79.9 Å². The molecule has 0 aliphatic carbocycles. The summed E-state index contributed by atoms with van der Waals surface area (Å²) >= 11 is 1.34. The largest absolute Gasteiger partial charge is 0.406 e. The standard InChI is InChI=1S/C38H47NO8S3.C2H4/c1-3-5-7-12-26-49(41,42)46-32-20-16-30(17-21-32)38-36(37(40)29-14-18-31(19-15-29)45-39-24-10-9-11-25-39)34-23-22-33(28-35(34)48-38)47-50(43,44)27-13-8-6-4-2;1-2/h14-23,28H,3-13,24-27H2,1-2H3;1-2H2. The van der Waals surface area contributed by atoms with Gasteiger partial charge in [-0.15, -0.1) is 29.6 Å². The molecular formula is C40H51NO8S3. The maximum absolute atomic E-state index is 14.2. The summed E-state index contributed by atoms with van der Waals surface area (Å²) in [5, 5.41) is 2.60. The Bertz CT molecular complexity index is 1950. The van der Waals surface area contributed by atoms with Crippen LogP contribution in [0.5, 0.6) is 17.2 Å². The van der Waals surface area contributed by atoms with Crippen molar-refractivity contribution in [3.05, 3.63) is 91.0 Å². The molecule has 1 fully saturated rings. The van der Waals surface area contributed by atoms with Crippen LogP contribution in [0.1, 0.15) is 100 Å². The Morgan fingerprint density at radius 3 is 1.81 bits per heavy atom. The van der Waals surface area contributed by atoms with Crippen LogP contribution in [0.4, 0.5) is 0 Å². The molecule has 2 heterocycles. The predicted molar refractivity (Wildman–Crippen MR) is 212 cm³/mol. The average Bonchev–Trinajstić information content (AvgIpc) is 3.52. The van der Waals surface area contributed by atoms with Gasteiger partial charge in [-0.3, -0.25) is 4.79 Å². The Balaban J connectivity index is 0.00000297. The van der Waals surface area contributed by atoms with Gasteiger partial charge < -0.3 is 13.2 Å². The highest BCUT2D eigenvalue weighted by Gasteiger charge is 2.24. The van der Waals surface area contributed by atoms with E-state index in [1.165, 1.54) is 17.8 Å². The number of hydrogen-bond acceptors (Lipinski definition) is 10. The van der Waals surface area contributed by atoms with Gasteiger partial charge in [-0.25, -0.2) is 0 Å². The Hall–Kier alpha value is -3.71. The topological polar surface area (TPSA) is 116 Å². The van der Waals surface area contributed by atoms with Gasteiger partial charge in [0.25, 0.3) is 0 Å². The number of hydroxylamine groups is 2. The number of ketones is 1. The summed E-state index contributed by atoms with van der Waals surface area (Å²) < 4.78 is 62.1. The average molecular weight is 770 g/mol. The fourth-order valence-corrected chi connectivity index (χ4v) is 9.24. The quantitative estimate of drug-likeness (QED) is 0.0398. The van der Waals surface area contributed by atoms with Gasteiger partial charge in [-0.1, -0.05) is 58.8 Å². The van der Waals surface area contributed by atoms with Crippen molar-refractivity contribution >= 4 is 47.4 Å². The van der Waals surface area contributed by atoms with E-state index in [9.17, 15) is 21.6 Å². The molecule has 0 amide bonds. The van der Waals surface area contributed by atoms with Crippen LogP contribution in [-0.2, 0) is 20.2 Å². The molecule has 3 aromatic carbocycles. The summed E-state index contributed by atoms with van der Waals surface area (Å²) in [5.41, 5.74) is 1.63. The number of nitrogens with zero attached hydrogens (tertiary/aromatic N) is 1. The van der Waals surface area contributed by atoms with E-state index in [-0.39, 0.29) is 28.8 Å². The first-order chi connectivity index (χ1) is 25.1. The third-order valence-electron chi connectivity index (χ3n) is 8.61. The van der Waals surface area contributed by atoms with Crippen LogP contribution in [0.3, 0.4) is 0 Å². The maximum Gasteiger partial charge on any atom is 0.309 e. The SMILES string of the molecule is C=C.CCCCCCS(=O)(=O)Oc1ccc(-c2sc3cc(OS(=O)(=O)CCCCCC)ccc3c2C(=O)c2ccc(ON3CCCCC3)cc2)cc1. The molecule has 1 aliphatic rings. The van der Waals surface area contributed by atoms with Crippen molar-refractivity contribution in [2.24, 2.45) is 0 Å². The number of fused-ring (bicyclic) bond motifs is 1. The van der Waals surface area contributed by atoms with Crippen LogP contribution in [0.25, 0.3) is 20.5 Å². The minimum Gasteiger partial charge on any atom is -0.406 e. The Labute approximate surface area is 313 Å².